The lowest BCUT2D eigenvalue weighted by molar-refractivity contribution is -0.111. The standard InChI is InChI=1S/C18H23N5O3.H2O/c1-25-15-3-2-4-16(17(15)18-20-22-23-21-18)26-14-6-5-11-9-19-13(10-24)7-12(11)8-14;/h2-4,10-14,19H,5-9H2,1H3,(H,20,21,22,23);1H2/t11?,12?,13?,14-;/m0./s1. The van der Waals surface area contributed by atoms with Crippen molar-refractivity contribution in [2.24, 2.45) is 11.8 Å². The third-order valence-corrected chi connectivity index (χ3v) is 5.53. The van der Waals surface area contributed by atoms with E-state index in [0.29, 0.717) is 34.7 Å². The molecule has 1 saturated heterocycles. The van der Waals surface area contributed by atoms with E-state index in [1.807, 2.05) is 18.2 Å². The minimum absolute atomic E-state index is 0. The largest absolute Gasteiger partial charge is 0.496 e. The van der Waals surface area contributed by atoms with E-state index in [0.717, 1.165) is 38.5 Å². The fourth-order valence-electron chi connectivity index (χ4n) is 4.21. The van der Waals surface area contributed by atoms with Crippen LogP contribution in [0.2, 0.25) is 0 Å². The van der Waals surface area contributed by atoms with Gasteiger partial charge < -0.3 is 25.1 Å². The van der Waals surface area contributed by atoms with Crippen LogP contribution in [0.4, 0.5) is 0 Å². The van der Waals surface area contributed by atoms with Gasteiger partial charge in [0.1, 0.15) is 23.3 Å². The first kappa shape index (κ1) is 19.2. The smallest absolute Gasteiger partial charge is 0.212 e. The molecule has 1 aliphatic carbocycles. The molecule has 9 nitrogen and oxygen atoms in total. The van der Waals surface area contributed by atoms with Crippen LogP contribution < -0.4 is 14.8 Å². The monoisotopic (exact) mass is 375 g/mol. The van der Waals surface area contributed by atoms with Crippen molar-refractivity contribution in [1.82, 2.24) is 25.9 Å². The minimum Gasteiger partial charge on any atom is -0.496 e. The summed E-state index contributed by atoms with van der Waals surface area (Å²) in [6.45, 7) is 0.925. The number of carbonyl (C=O) groups excluding carboxylic acids is 1. The van der Waals surface area contributed by atoms with Crippen LogP contribution in [0.1, 0.15) is 25.7 Å². The van der Waals surface area contributed by atoms with Crippen molar-refractivity contribution in [2.45, 2.75) is 37.8 Å². The number of nitrogens with zero attached hydrogens (tertiary/aromatic N) is 3. The lowest BCUT2D eigenvalue weighted by Crippen LogP contribution is -2.48. The number of piperidine rings is 1. The van der Waals surface area contributed by atoms with Gasteiger partial charge in [0.15, 0.2) is 0 Å². The van der Waals surface area contributed by atoms with E-state index in [1.54, 1.807) is 7.11 Å². The SMILES string of the molecule is COc1cccc(O[C@H]2CCC3CNC(C=O)CC3C2)c1-c1nn[nH]n1.O. The van der Waals surface area contributed by atoms with E-state index in [2.05, 4.69) is 25.9 Å². The third-order valence-electron chi connectivity index (χ3n) is 5.53. The van der Waals surface area contributed by atoms with Crippen LogP contribution in [0.25, 0.3) is 11.4 Å². The summed E-state index contributed by atoms with van der Waals surface area (Å²) >= 11 is 0. The summed E-state index contributed by atoms with van der Waals surface area (Å²) in [5.41, 5.74) is 0.710. The maximum atomic E-state index is 11.1. The molecule has 1 aromatic heterocycles. The Morgan fingerprint density at radius 2 is 2.04 bits per heavy atom. The number of H-pyrrole nitrogens is 1. The quantitative estimate of drug-likeness (QED) is 0.737. The number of rotatable bonds is 5. The highest BCUT2D eigenvalue weighted by Crippen LogP contribution is 2.40. The van der Waals surface area contributed by atoms with Crippen molar-refractivity contribution in [3.8, 4) is 22.9 Å². The molecule has 0 bridgehead atoms. The minimum atomic E-state index is -0.0262. The lowest BCUT2D eigenvalue weighted by atomic mass is 9.73. The fraction of sp³-hybridized carbons (Fsp3) is 0.556. The number of nitrogens with one attached hydrogen (secondary N) is 2. The molecule has 4 atom stereocenters. The maximum Gasteiger partial charge on any atom is 0.212 e. The van der Waals surface area contributed by atoms with E-state index < -0.39 is 0 Å². The van der Waals surface area contributed by atoms with Crippen molar-refractivity contribution >= 4 is 6.29 Å². The molecule has 146 valence electrons. The van der Waals surface area contributed by atoms with Gasteiger partial charge in [0.05, 0.1) is 19.3 Å². The molecule has 27 heavy (non-hydrogen) atoms. The van der Waals surface area contributed by atoms with Gasteiger partial charge in [-0.3, -0.25) is 0 Å². The molecule has 9 heteroatoms. The predicted octanol–water partition coefficient (Wildman–Crippen LogP) is 0.775. The molecule has 2 fully saturated rings. The number of aromatic nitrogens is 4. The fourth-order valence-corrected chi connectivity index (χ4v) is 4.21. The molecule has 1 saturated carbocycles. The van der Waals surface area contributed by atoms with Gasteiger partial charge in [0.25, 0.3) is 0 Å². The van der Waals surface area contributed by atoms with Crippen LogP contribution >= 0.6 is 0 Å². The van der Waals surface area contributed by atoms with E-state index in [9.17, 15) is 4.79 Å². The zero-order valence-electron chi connectivity index (χ0n) is 15.2. The first-order valence-electron chi connectivity index (χ1n) is 9.04. The maximum absolute atomic E-state index is 11.1. The van der Waals surface area contributed by atoms with Gasteiger partial charge in [0.2, 0.25) is 5.82 Å². The molecule has 3 unspecified atom stereocenters. The summed E-state index contributed by atoms with van der Waals surface area (Å²) in [5.74, 6) is 2.96. The Morgan fingerprint density at radius 1 is 1.19 bits per heavy atom. The van der Waals surface area contributed by atoms with Crippen LogP contribution in [-0.2, 0) is 4.79 Å². The van der Waals surface area contributed by atoms with Gasteiger partial charge in [-0.15, -0.1) is 10.2 Å². The normalized spacial score (nSPS) is 27.1. The van der Waals surface area contributed by atoms with E-state index >= 15 is 0 Å². The summed E-state index contributed by atoms with van der Waals surface area (Å²) in [7, 11) is 1.61. The van der Waals surface area contributed by atoms with Crippen LogP contribution in [0.3, 0.4) is 0 Å². The predicted molar refractivity (Wildman–Crippen MR) is 97.5 cm³/mol. The van der Waals surface area contributed by atoms with Gasteiger partial charge in [-0.1, -0.05) is 6.07 Å². The summed E-state index contributed by atoms with van der Waals surface area (Å²) in [6, 6.07) is 5.64. The first-order chi connectivity index (χ1) is 12.8. The second-order valence-electron chi connectivity index (χ2n) is 7.03. The van der Waals surface area contributed by atoms with Crippen molar-refractivity contribution in [1.29, 1.82) is 0 Å². The molecule has 2 aromatic rings. The molecule has 2 aliphatic rings. The Kier molecular flexibility index (Phi) is 6.02. The highest BCUT2D eigenvalue weighted by Gasteiger charge is 2.36. The summed E-state index contributed by atoms with van der Waals surface area (Å²) in [5, 5.41) is 17.6. The van der Waals surface area contributed by atoms with Gasteiger partial charge in [-0.2, -0.15) is 5.21 Å². The average molecular weight is 375 g/mol. The molecular weight excluding hydrogens is 350 g/mol. The van der Waals surface area contributed by atoms with Crippen molar-refractivity contribution < 1.29 is 19.7 Å². The number of hydrogen-bond donors (Lipinski definition) is 2. The molecule has 0 radical (unpaired) electrons. The molecular formula is C18H25N5O4. The van der Waals surface area contributed by atoms with Crippen molar-refractivity contribution in [3.05, 3.63) is 18.2 Å². The number of ether oxygens (including phenoxy) is 2. The van der Waals surface area contributed by atoms with E-state index in [1.165, 1.54) is 0 Å². The number of carbonyl (C=O) groups is 1. The number of aldehydes is 1. The number of aromatic amines is 1. The zero-order chi connectivity index (χ0) is 17.9. The highest BCUT2D eigenvalue weighted by atomic mass is 16.5. The number of benzene rings is 1. The van der Waals surface area contributed by atoms with Gasteiger partial charge in [0, 0.05) is 0 Å². The van der Waals surface area contributed by atoms with Crippen LogP contribution in [-0.4, -0.2) is 58.2 Å². The molecule has 4 rings (SSSR count). The molecule has 1 aliphatic heterocycles. The Bertz CT molecular complexity index is 754. The first-order valence-corrected chi connectivity index (χ1v) is 9.04. The second-order valence-corrected chi connectivity index (χ2v) is 7.03. The molecule has 0 amide bonds. The average Bonchev–Trinajstić information content (AvgIpc) is 3.21. The Labute approximate surface area is 157 Å². The van der Waals surface area contributed by atoms with E-state index in [-0.39, 0.29) is 17.6 Å². The molecule has 2 heterocycles. The van der Waals surface area contributed by atoms with E-state index in [4.69, 9.17) is 9.47 Å². The van der Waals surface area contributed by atoms with Crippen molar-refractivity contribution in [2.75, 3.05) is 13.7 Å². The summed E-state index contributed by atoms with van der Waals surface area (Å²) < 4.78 is 11.8. The lowest BCUT2D eigenvalue weighted by Gasteiger charge is -2.41. The number of methoxy groups -OCH3 is 1. The van der Waals surface area contributed by atoms with Crippen LogP contribution in [0, 0.1) is 11.8 Å². The highest BCUT2D eigenvalue weighted by molar-refractivity contribution is 5.71. The topological polar surface area (TPSA) is 134 Å². The van der Waals surface area contributed by atoms with Gasteiger partial charge in [-0.25, -0.2) is 0 Å². The number of tetrazole rings is 1. The van der Waals surface area contributed by atoms with Crippen LogP contribution in [0.15, 0.2) is 18.2 Å². The zero-order valence-corrected chi connectivity index (χ0v) is 15.2. The Morgan fingerprint density at radius 3 is 2.78 bits per heavy atom. The number of hydrogen-bond acceptors (Lipinski definition) is 7. The van der Waals surface area contributed by atoms with Gasteiger partial charge in [-0.05, 0) is 61.4 Å². The van der Waals surface area contributed by atoms with Gasteiger partial charge >= 0.3 is 0 Å². The third kappa shape index (κ3) is 3.93. The van der Waals surface area contributed by atoms with Crippen molar-refractivity contribution in [3.63, 3.8) is 0 Å². The summed E-state index contributed by atoms with van der Waals surface area (Å²) in [4.78, 5) is 11.1. The Hall–Kier alpha value is -2.52. The molecule has 4 N–H and O–H groups in total. The molecule has 0 spiro atoms. The summed E-state index contributed by atoms with van der Waals surface area (Å²) in [6.07, 6.45) is 5.09. The second kappa shape index (κ2) is 8.45. The number of fused-ring (bicyclic) bond motifs is 1. The molecule has 1 aromatic carbocycles. The van der Waals surface area contributed by atoms with Crippen LogP contribution in [0.5, 0.6) is 11.5 Å². The Balaban J connectivity index is 0.00000210.